The number of nitrogens with zero attached hydrogens (tertiary/aromatic N) is 4. The van der Waals surface area contributed by atoms with Crippen molar-refractivity contribution in [2.75, 3.05) is 17.7 Å². The molecule has 0 saturated carbocycles. The van der Waals surface area contributed by atoms with Crippen LogP contribution in [0, 0.1) is 6.92 Å². The topological polar surface area (TPSA) is 108 Å². The first kappa shape index (κ1) is 22.8. The molecule has 0 saturated heterocycles. The number of carbonyl (C=O) groups excluding carboxylic acids is 2. The lowest BCUT2D eigenvalue weighted by atomic mass is 10.3. The molecule has 1 unspecified atom stereocenters. The Balaban J connectivity index is 1.56. The number of thioether (sulfide) groups is 1. The first-order valence-corrected chi connectivity index (χ1v) is 11.4. The van der Waals surface area contributed by atoms with E-state index in [2.05, 4.69) is 20.5 Å². The van der Waals surface area contributed by atoms with Gasteiger partial charge in [0.15, 0.2) is 22.2 Å². The van der Waals surface area contributed by atoms with Gasteiger partial charge in [0.25, 0.3) is 0 Å². The lowest BCUT2D eigenvalue weighted by molar-refractivity contribution is -0.113. The Kier molecular flexibility index (Phi) is 7.64. The van der Waals surface area contributed by atoms with Gasteiger partial charge in [-0.15, -0.1) is 10.2 Å². The van der Waals surface area contributed by atoms with E-state index < -0.39 is 5.97 Å². The van der Waals surface area contributed by atoms with Crippen LogP contribution in [0.3, 0.4) is 0 Å². The first-order valence-electron chi connectivity index (χ1n) is 9.57. The molecular formula is C20H23N5O4S2. The molecule has 1 aromatic carbocycles. The van der Waals surface area contributed by atoms with Crippen LogP contribution in [0.5, 0.6) is 5.75 Å². The van der Waals surface area contributed by atoms with Gasteiger partial charge in [0.05, 0.1) is 18.1 Å². The van der Waals surface area contributed by atoms with E-state index in [0.717, 1.165) is 17.1 Å². The molecule has 1 amide bonds. The number of amides is 1. The number of thiazole rings is 1. The molecule has 0 spiro atoms. The summed E-state index contributed by atoms with van der Waals surface area (Å²) in [6.45, 7) is 5.61. The van der Waals surface area contributed by atoms with Gasteiger partial charge in [0.2, 0.25) is 5.91 Å². The molecule has 0 aliphatic rings. The third-order valence-electron chi connectivity index (χ3n) is 4.12. The highest BCUT2D eigenvalue weighted by Crippen LogP contribution is 2.25. The standard InChI is InChI=1S/C20H23N5O4S2/c1-5-28-18(27)16-12(2)21-19(31-16)22-15(26)11-30-20-24-23-17(25(20)4)13(3)29-14-9-7-6-8-10-14/h6-10,13H,5,11H2,1-4H3,(H,21,22,26). The molecule has 0 aliphatic heterocycles. The first-order chi connectivity index (χ1) is 14.9. The molecule has 1 atom stereocenters. The summed E-state index contributed by atoms with van der Waals surface area (Å²) in [5.74, 6) is 0.819. The summed E-state index contributed by atoms with van der Waals surface area (Å²) in [7, 11) is 1.83. The van der Waals surface area contributed by atoms with Gasteiger partial charge in [-0.1, -0.05) is 41.3 Å². The molecule has 0 bridgehead atoms. The van der Waals surface area contributed by atoms with Crippen molar-refractivity contribution < 1.29 is 19.1 Å². The van der Waals surface area contributed by atoms with E-state index in [0.29, 0.717) is 26.7 Å². The minimum atomic E-state index is -0.439. The normalized spacial score (nSPS) is 11.7. The highest BCUT2D eigenvalue weighted by molar-refractivity contribution is 7.99. The molecule has 0 radical (unpaired) electrons. The van der Waals surface area contributed by atoms with Crippen molar-refractivity contribution in [3.63, 3.8) is 0 Å². The van der Waals surface area contributed by atoms with Crippen molar-refractivity contribution in [3.05, 3.63) is 46.7 Å². The van der Waals surface area contributed by atoms with Crippen molar-refractivity contribution in [1.29, 1.82) is 0 Å². The number of carbonyl (C=O) groups is 2. The molecule has 0 fully saturated rings. The van der Waals surface area contributed by atoms with Crippen molar-refractivity contribution in [3.8, 4) is 5.75 Å². The molecular weight excluding hydrogens is 438 g/mol. The largest absolute Gasteiger partial charge is 0.483 e. The number of aromatic nitrogens is 4. The Morgan fingerprint density at radius 2 is 2.00 bits per heavy atom. The number of para-hydroxylation sites is 1. The lowest BCUT2D eigenvalue weighted by Crippen LogP contribution is -2.14. The average molecular weight is 462 g/mol. The van der Waals surface area contributed by atoms with Crippen LogP contribution < -0.4 is 10.1 Å². The van der Waals surface area contributed by atoms with Gasteiger partial charge in [-0.25, -0.2) is 9.78 Å². The quantitative estimate of drug-likeness (QED) is 0.380. The van der Waals surface area contributed by atoms with Crippen LogP contribution in [-0.4, -0.2) is 44.0 Å². The molecule has 164 valence electrons. The van der Waals surface area contributed by atoms with E-state index in [-0.39, 0.29) is 24.4 Å². The zero-order valence-corrected chi connectivity index (χ0v) is 19.2. The molecule has 3 rings (SSSR count). The second-order valence-corrected chi connectivity index (χ2v) is 8.41. The zero-order chi connectivity index (χ0) is 22.4. The van der Waals surface area contributed by atoms with Gasteiger partial charge in [-0.3, -0.25) is 4.79 Å². The van der Waals surface area contributed by atoms with E-state index in [1.54, 1.807) is 18.4 Å². The fourth-order valence-electron chi connectivity index (χ4n) is 2.68. The van der Waals surface area contributed by atoms with Crippen LogP contribution in [0.1, 0.15) is 41.1 Å². The van der Waals surface area contributed by atoms with Gasteiger partial charge in [0, 0.05) is 7.05 Å². The lowest BCUT2D eigenvalue weighted by Gasteiger charge is -2.14. The van der Waals surface area contributed by atoms with Crippen molar-refractivity contribution in [2.45, 2.75) is 32.0 Å². The predicted octanol–water partition coefficient (Wildman–Crippen LogP) is 3.63. The fraction of sp³-hybridized carbons (Fsp3) is 0.350. The minimum Gasteiger partial charge on any atom is -0.483 e. The molecule has 2 heterocycles. The number of hydrogen-bond acceptors (Lipinski definition) is 9. The zero-order valence-electron chi connectivity index (χ0n) is 17.6. The average Bonchev–Trinajstić information content (AvgIpc) is 3.29. The number of nitrogens with one attached hydrogen (secondary N) is 1. The molecule has 2 aromatic heterocycles. The Morgan fingerprint density at radius 1 is 1.26 bits per heavy atom. The second kappa shape index (κ2) is 10.4. The maximum Gasteiger partial charge on any atom is 0.350 e. The summed E-state index contributed by atoms with van der Waals surface area (Å²) in [6.07, 6.45) is -0.303. The monoisotopic (exact) mass is 461 g/mol. The number of benzene rings is 1. The maximum absolute atomic E-state index is 12.3. The van der Waals surface area contributed by atoms with Gasteiger partial charge in [0.1, 0.15) is 10.6 Å². The van der Waals surface area contributed by atoms with Gasteiger partial charge < -0.3 is 19.4 Å². The third kappa shape index (κ3) is 5.82. The van der Waals surface area contributed by atoms with Crippen molar-refractivity contribution >= 4 is 40.1 Å². The number of ether oxygens (including phenoxy) is 2. The van der Waals surface area contributed by atoms with E-state index >= 15 is 0 Å². The number of esters is 1. The predicted molar refractivity (Wildman–Crippen MR) is 119 cm³/mol. The van der Waals surface area contributed by atoms with Crippen LogP contribution >= 0.6 is 23.1 Å². The Hall–Kier alpha value is -2.92. The van der Waals surface area contributed by atoms with Crippen LogP contribution in [0.2, 0.25) is 0 Å². The summed E-state index contributed by atoms with van der Waals surface area (Å²) >= 11 is 2.34. The highest BCUT2D eigenvalue weighted by Gasteiger charge is 2.20. The molecule has 0 aliphatic carbocycles. The van der Waals surface area contributed by atoms with E-state index in [9.17, 15) is 9.59 Å². The van der Waals surface area contributed by atoms with Gasteiger partial charge in [-0.2, -0.15) is 0 Å². The second-order valence-electron chi connectivity index (χ2n) is 6.46. The van der Waals surface area contributed by atoms with E-state index in [4.69, 9.17) is 9.47 Å². The van der Waals surface area contributed by atoms with E-state index in [1.165, 1.54) is 11.8 Å². The van der Waals surface area contributed by atoms with Crippen LogP contribution in [0.25, 0.3) is 0 Å². The number of rotatable bonds is 9. The number of hydrogen-bond donors (Lipinski definition) is 1. The maximum atomic E-state index is 12.3. The summed E-state index contributed by atoms with van der Waals surface area (Å²) < 4.78 is 12.7. The smallest absolute Gasteiger partial charge is 0.350 e. The molecule has 3 aromatic rings. The third-order valence-corrected chi connectivity index (χ3v) is 6.20. The van der Waals surface area contributed by atoms with Crippen LogP contribution in [0.15, 0.2) is 35.5 Å². The Morgan fingerprint density at radius 3 is 2.71 bits per heavy atom. The number of aryl methyl sites for hydroxylation is 1. The van der Waals surface area contributed by atoms with Gasteiger partial charge in [-0.05, 0) is 32.9 Å². The molecule has 9 nitrogen and oxygen atoms in total. The SMILES string of the molecule is CCOC(=O)c1sc(NC(=O)CSc2nnc(C(C)Oc3ccccc3)n2C)nc1C. The Labute approximate surface area is 188 Å². The van der Waals surface area contributed by atoms with Gasteiger partial charge >= 0.3 is 5.97 Å². The minimum absolute atomic E-state index is 0.118. The van der Waals surface area contributed by atoms with Crippen molar-refractivity contribution in [2.24, 2.45) is 7.05 Å². The summed E-state index contributed by atoms with van der Waals surface area (Å²) in [6, 6.07) is 9.47. The summed E-state index contributed by atoms with van der Waals surface area (Å²) in [5, 5.41) is 12.0. The fourth-order valence-corrected chi connectivity index (χ4v) is 4.28. The van der Waals surface area contributed by atoms with Crippen molar-refractivity contribution in [1.82, 2.24) is 19.7 Å². The number of anilines is 1. The van der Waals surface area contributed by atoms with Crippen LogP contribution in [0.4, 0.5) is 5.13 Å². The molecule has 31 heavy (non-hydrogen) atoms. The summed E-state index contributed by atoms with van der Waals surface area (Å²) in [5.41, 5.74) is 0.525. The summed E-state index contributed by atoms with van der Waals surface area (Å²) in [4.78, 5) is 28.8. The van der Waals surface area contributed by atoms with E-state index in [1.807, 2.05) is 44.3 Å². The van der Waals surface area contributed by atoms with Crippen LogP contribution in [-0.2, 0) is 16.6 Å². The Bertz CT molecular complexity index is 1050. The molecule has 1 N–H and O–H groups in total. The molecule has 11 heteroatoms. The highest BCUT2D eigenvalue weighted by atomic mass is 32.2.